The molecule has 2 aliphatic rings. The number of aryl methyl sites for hydroxylation is 1. The van der Waals surface area contributed by atoms with Gasteiger partial charge in [0.2, 0.25) is 0 Å². The first-order valence-corrected chi connectivity index (χ1v) is 7.21. The maximum atomic E-state index is 12.8. The summed E-state index contributed by atoms with van der Waals surface area (Å²) in [7, 11) is 0. The van der Waals surface area contributed by atoms with Gasteiger partial charge >= 0.3 is 5.97 Å². The molecule has 1 aliphatic carbocycles. The highest BCUT2D eigenvalue weighted by molar-refractivity contribution is 6.02. The van der Waals surface area contributed by atoms with Crippen molar-refractivity contribution in [2.24, 2.45) is 10.8 Å². The molecule has 1 N–H and O–H groups in total. The first kappa shape index (κ1) is 14.0. The van der Waals surface area contributed by atoms with Gasteiger partial charge in [-0.25, -0.2) is 4.98 Å². The third-order valence-corrected chi connectivity index (χ3v) is 5.58. The third-order valence-electron chi connectivity index (χ3n) is 5.58. The number of esters is 1. The van der Waals surface area contributed by atoms with E-state index < -0.39 is 16.4 Å². The highest BCUT2D eigenvalue weighted by Crippen LogP contribution is 2.65. The van der Waals surface area contributed by atoms with E-state index in [-0.39, 0.29) is 11.9 Å². The van der Waals surface area contributed by atoms with Crippen molar-refractivity contribution < 1.29 is 14.3 Å². The minimum absolute atomic E-state index is 0.272. The maximum Gasteiger partial charge on any atom is 0.313 e. The number of carbonyl (C=O) groups is 2. The Balaban J connectivity index is 1.93. The molecule has 1 aliphatic heterocycles. The number of pyridine rings is 1. The lowest BCUT2D eigenvalue weighted by molar-refractivity contribution is -0.165. The molecule has 1 amide bonds. The Labute approximate surface area is 124 Å². The zero-order valence-corrected chi connectivity index (χ0v) is 12.8. The fourth-order valence-electron chi connectivity index (χ4n) is 3.58. The molecule has 112 valence electrons. The second-order valence-electron chi connectivity index (χ2n) is 6.79. The van der Waals surface area contributed by atoms with Gasteiger partial charge in [0.1, 0.15) is 5.82 Å². The van der Waals surface area contributed by atoms with Gasteiger partial charge in [0.25, 0.3) is 5.91 Å². The van der Waals surface area contributed by atoms with Crippen LogP contribution in [-0.2, 0) is 14.3 Å². The molecule has 5 heteroatoms. The fourth-order valence-corrected chi connectivity index (χ4v) is 3.58. The number of ether oxygens (including phenoxy) is 1. The van der Waals surface area contributed by atoms with Crippen LogP contribution in [0.15, 0.2) is 18.2 Å². The van der Waals surface area contributed by atoms with Crippen molar-refractivity contribution in [3.63, 3.8) is 0 Å². The molecular formula is C16H20N2O3. The van der Waals surface area contributed by atoms with Gasteiger partial charge in [-0.05, 0) is 38.8 Å². The molecule has 0 aromatic carbocycles. The van der Waals surface area contributed by atoms with Crippen molar-refractivity contribution in [2.75, 3.05) is 5.32 Å². The van der Waals surface area contributed by atoms with Crippen LogP contribution >= 0.6 is 0 Å². The fraction of sp³-hybridized carbons (Fsp3) is 0.562. The Morgan fingerprint density at radius 2 is 2.00 bits per heavy atom. The standard InChI is InChI=1S/C16H20N2O3/c1-10-6-5-7-11(17-10)18-12(19)16-9-8-15(4,13(20)21-16)14(16,2)3/h5-7H,8-9H2,1-4H3,(H,17,18,19). The average molecular weight is 288 g/mol. The van der Waals surface area contributed by atoms with Gasteiger partial charge in [0, 0.05) is 11.1 Å². The van der Waals surface area contributed by atoms with E-state index >= 15 is 0 Å². The van der Waals surface area contributed by atoms with Crippen molar-refractivity contribution in [2.45, 2.75) is 46.1 Å². The molecule has 2 unspecified atom stereocenters. The Morgan fingerprint density at radius 1 is 1.29 bits per heavy atom. The lowest BCUT2D eigenvalue weighted by atomic mass is 9.66. The van der Waals surface area contributed by atoms with Crippen LogP contribution in [0.3, 0.4) is 0 Å². The van der Waals surface area contributed by atoms with Crippen molar-refractivity contribution >= 4 is 17.7 Å². The van der Waals surface area contributed by atoms with Gasteiger partial charge in [0.05, 0.1) is 5.41 Å². The molecule has 2 fully saturated rings. The van der Waals surface area contributed by atoms with E-state index in [1.807, 2.05) is 39.8 Å². The maximum absolute atomic E-state index is 12.8. The topological polar surface area (TPSA) is 68.3 Å². The summed E-state index contributed by atoms with van der Waals surface area (Å²) >= 11 is 0. The Kier molecular flexibility index (Phi) is 2.71. The molecule has 3 rings (SSSR count). The number of fused-ring (bicyclic) bond motifs is 2. The van der Waals surface area contributed by atoms with E-state index in [9.17, 15) is 9.59 Å². The predicted octanol–water partition coefficient (Wildman–Crippen LogP) is 2.45. The molecule has 5 nitrogen and oxygen atoms in total. The zero-order chi connectivity index (χ0) is 15.5. The zero-order valence-electron chi connectivity index (χ0n) is 12.8. The van der Waals surface area contributed by atoms with Gasteiger partial charge in [-0.1, -0.05) is 19.9 Å². The second kappa shape index (κ2) is 4.06. The number of aromatic nitrogens is 1. The molecule has 0 radical (unpaired) electrons. The smallest absolute Gasteiger partial charge is 0.313 e. The summed E-state index contributed by atoms with van der Waals surface area (Å²) in [4.78, 5) is 29.2. The van der Waals surface area contributed by atoms with E-state index in [4.69, 9.17) is 4.74 Å². The number of hydrogen-bond donors (Lipinski definition) is 1. The van der Waals surface area contributed by atoms with E-state index in [0.29, 0.717) is 18.7 Å². The molecule has 0 spiro atoms. The number of amides is 1. The highest BCUT2D eigenvalue weighted by Gasteiger charge is 2.75. The molecule has 2 heterocycles. The molecular weight excluding hydrogens is 268 g/mol. The molecule has 2 atom stereocenters. The Hall–Kier alpha value is -1.91. The van der Waals surface area contributed by atoms with Gasteiger partial charge in [-0.15, -0.1) is 0 Å². The minimum atomic E-state index is -1.09. The molecule has 2 bridgehead atoms. The largest absolute Gasteiger partial charge is 0.448 e. The summed E-state index contributed by atoms with van der Waals surface area (Å²) in [6.07, 6.45) is 1.23. The van der Waals surface area contributed by atoms with Crippen molar-refractivity contribution in [3.8, 4) is 0 Å². The molecule has 21 heavy (non-hydrogen) atoms. The number of anilines is 1. The summed E-state index contributed by atoms with van der Waals surface area (Å²) in [5.74, 6) is -0.0620. The first-order chi connectivity index (χ1) is 9.73. The number of hydrogen-bond acceptors (Lipinski definition) is 4. The third kappa shape index (κ3) is 1.60. The lowest BCUT2D eigenvalue weighted by Crippen LogP contribution is -2.50. The lowest BCUT2D eigenvalue weighted by Gasteiger charge is -2.35. The quantitative estimate of drug-likeness (QED) is 0.849. The van der Waals surface area contributed by atoms with Crippen LogP contribution in [0.2, 0.25) is 0 Å². The summed E-state index contributed by atoms with van der Waals surface area (Å²) in [5.41, 5.74) is -1.40. The predicted molar refractivity (Wildman–Crippen MR) is 77.5 cm³/mol. The van der Waals surface area contributed by atoms with Crippen molar-refractivity contribution in [1.29, 1.82) is 0 Å². The van der Waals surface area contributed by atoms with Gasteiger partial charge in [-0.3, -0.25) is 9.59 Å². The van der Waals surface area contributed by atoms with Crippen molar-refractivity contribution in [3.05, 3.63) is 23.9 Å². The van der Waals surface area contributed by atoms with E-state index in [2.05, 4.69) is 10.3 Å². The average Bonchev–Trinajstić information content (AvgIpc) is 2.69. The normalized spacial score (nSPS) is 32.9. The minimum Gasteiger partial charge on any atom is -0.448 e. The molecule has 1 saturated carbocycles. The Bertz CT molecular complexity index is 640. The molecule has 1 aromatic heterocycles. The summed E-state index contributed by atoms with van der Waals surface area (Å²) in [6, 6.07) is 5.43. The molecule has 1 saturated heterocycles. The number of nitrogens with one attached hydrogen (secondary N) is 1. The van der Waals surface area contributed by atoms with Crippen LogP contribution in [0.4, 0.5) is 5.82 Å². The summed E-state index contributed by atoms with van der Waals surface area (Å²) in [6.45, 7) is 7.63. The van der Waals surface area contributed by atoms with Crippen LogP contribution in [0.1, 0.15) is 39.3 Å². The SMILES string of the molecule is Cc1cccc(NC(=O)C23CCC(C)(C(=O)O2)C3(C)C)n1. The van der Waals surface area contributed by atoms with Crippen LogP contribution in [0, 0.1) is 17.8 Å². The monoisotopic (exact) mass is 288 g/mol. The second-order valence-corrected chi connectivity index (χ2v) is 6.79. The van der Waals surface area contributed by atoms with Gasteiger partial charge < -0.3 is 10.1 Å². The number of nitrogens with zero attached hydrogens (tertiary/aromatic N) is 1. The summed E-state index contributed by atoms with van der Waals surface area (Å²) in [5, 5.41) is 2.81. The number of carbonyl (C=O) groups excluding carboxylic acids is 2. The van der Waals surface area contributed by atoms with Crippen LogP contribution < -0.4 is 5.32 Å². The molecule has 1 aromatic rings. The van der Waals surface area contributed by atoms with E-state index in [1.54, 1.807) is 6.07 Å². The van der Waals surface area contributed by atoms with Gasteiger partial charge in [-0.2, -0.15) is 0 Å². The number of rotatable bonds is 2. The van der Waals surface area contributed by atoms with Crippen LogP contribution in [0.5, 0.6) is 0 Å². The van der Waals surface area contributed by atoms with E-state index in [0.717, 1.165) is 5.69 Å². The Morgan fingerprint density at radius 3 is 2.52 bits per heavy atom. The summed E-state index contributed by atoms with van der Waals surface area (Å²) < 4.78 is 5.55. The van der Waals surface area contributed by atoms with Gasteiger partial charge in [0.15, 0.2) is 5.60 Å². The van der Waals surface area contributed by atoms with Crippen molar-refractivity contribution in [1.82, 2.24) is 4.98 Å². The van der Waals surface area contributed by atoms with Crippen LogP contribution in [0.25, 0.3) is 0 Å². The van der Waals surface area contributed by atoms with Crippen LogP contribution in [-0.4, -0.2) is 22.5 Å². The van der Waals surface area contributed by atoms with E-state index in [1.165, 1.54) is 0 Å². The first-order valence-electron chi connectivity index (χ1n) is 7.21. The highest BCUT2D eigenvalue weighted by atomic mass is 16.6.